The molecular weight excluding hydrogens is 192 g/mol. The second-order valence-electron chi connectivity index (χ2n) is 3.91. The maximum Gasteiger partial charge on any atom is 0.333 e. The minimum Gasteiger partial charge on any atom is -0.479 e. The minimum absolute atomic E-state index is 0.174. The maximum absolute atomic E-state index is 11.0. The molecule has 2 unspecified atom stereocenters. The van der Waals surface area contributed by atoms with Crippen molar-refractivity contribution in [1.82, 2.24) is 0 Å². The fraction of sp³-hybridized carbons (Fsp3) is 0.917. The number of carboxylic acids is 1. The van der Waals surface area contributed by atoms with Gasteiger partial charge in [-0.15, -0.1) is 0 Å². The van der Waals surface area contributed by atoms with Crippen LogP contribution in [0.1, 0.15) is 52.9 Å². The topological polar surface area (TPSA) is 46.5 Å². The van der Waals surface area contributed by atoms with E-state index in [1.54, 1.807) is 0 Å². The third-order valence-corrected chi connectivity index (χ3v) is 2.61. The van der Waals surface area contributed by atoms with Gasteiger partial charge >= 0.3 is 5.97 Å². The van der Waals surface area contributed by atoms with Crippen molar-refractivity contribution < 1.29 is 14.6 Å². The molecular formula is C12H24O3. The first-order chi connectivity index (χ1) is 7.17. The Morgan fingerprint density at radius 2 is 1.87 bits per heavy atom. The number of hydrogen-bond acceptors (Lipinski definition) is 2. The van der Waals surface area contributed by atoms with Crippen LogP contribution in [-0.4, -0.2) is 23.8 Å². The van der Waals surface area contributed by atoms with Crippen molar-refractivity contribution in [2.45, 2.75) is 59.0 Å². The van der Waals surface area contributed by atoms with Crippen molar-refractivity contribution in [3.05, 3.63) is 0 Å². The molecule has 0 amide bonds. The van der Waals surface area contributed by atoms with Crippen LogP contribution in [0.25, 0.3) is 0 Å². The van der Waals surface area contributed by atoms with E-state index in [1.165, 1.54) is 0 Å². The van der Waals surface area contributed by atoms with E-state index in [2.05, 4.69) is 13.8 Å². The average molecular weight is 216 g/mol. The lowest BCUT2D eigenvalue weighted by molar-refractivity contribution is -0.154. The third kappa shape index (κ3) is 5.78. The van der Waals surface area contributed by atoms with Crippen LogP contribution in [-0.2, 0) is 9.53 Å². The molecule has 90 valence electrons. The second-order valence-corrected chi connectivity index (χ2v) is 3.91. The highest BCUT2D eigenvalue weighted by Gasteiger charge is 2.27. The summed E-state index contributed by atoms with van der Waals surface area (Å²) in [5.41, 5.74) is 0. The normalized spacial score (nSPS) is 14.9. The third-order valence-electron chi connectivity index (χ3n) is 2.61. The van der Waals surface area contributed by atoms with Crippen LogP contribution < -0.4 is 0 Å². The Balaban J connectivity index is 4.29. The highest BCUT2D eigenvalue weighted by Crippen LogP contribution is 2.21. The van der Waals surface area contributed by atoms with Gasteiger partial charge in [-0.05, 0) is 25.7 Å². The molecule has 0 heterocycles. The molecule has 0 aliphatic heterocycles. The zero-order valence-corrected chi connectivity index (χ0v) is 10.2. The molecule has 0 spiro atoms. The molecule has 3 nitrogen and oxygen atoms in total. The zero-order chi connectivity index (χ0) is 11.7. The van der Waals surface area contributed by atoms with Gasteiger partial charge in [0, 0.05) is 6.61 Å². The van der Waals surface area contributed by atoms with Gasteiger partial charge in [-0.1, -0.05) is 33.1 Å². The standard InChI is InChI=1S/C12H24O3/c1-4-7-9-10(8-5-2)11(12(13)14)15-6-3/h10-11H,4-9H2,1-3H3,(H,13,14). The van der Waals surface area contributed by atoms with Crippen molar-refractivity contribution in [2.75, 3.05) is 6.61 Å². The minimum atomic E-state index is -0.814. The lowest BCUT2D eigenvalue weighted by Gasteiger charge is -2.23. The van der Waals surface area contributed by atoms with E-state index in [-0.39, 0.29) is 5.92 Å². The summed E-state index contributed by atoms with van der Waals surface area (Å²) in [5, 5.41) is 9.08. The van der Waals surface area contributed by atoms with Crippen molar-refractivity contribution in [2.24, 2.45) is 5.92 Å². The molecule has 0 aromatic rings. The molecule has 1 N–H and O–H groups in total. The Labute approximate surface area is 92.8 Å². The smallest absolute Gasteiger partial charge is 0.333 e. The lowest BCUT2D eigenvalue weighted by Crippen LogP contribution is -2.32. The van der Waals surface area contributed by atoms with E-state index in [9.17, 15) is 4.79 Å². The summed E-state index contributed by atoms with van der Waals surface area (Å²) in [6.07, 6.45) is 4.51. The van der Waals surface area contributed by atoms with E-state index >= 15 is 0 Å². The summed E-state index contributed by atoms with van der Waals surface area (Å²) < 4.78 is 5.32. The first kappa shape index (κ1) is 14.4. The van der Waals surface area contributed by atoms with Gasteiger partial charge < -0.3 is 9.84 Å². The summed E-state index contributed by atoms with van der Waals surface area (Å²) in [6, 6.07) is 0. The van der Waals surface area contributed by atoms with Crippen LogP contribution in [0.2, 0.25) is 0 Å². The van der Waals surface area contributed by atoms with Gasteiger partial charge in [-0.2, -0.15) is 0 Å². The second kappa shape index (κ2) is 8.72. The number of carboxylic acid groups (broad SMARTS) is 1. The first-order valence-electron chi connectivity index (χ1n) is 6.01. The van der Waals surface area contributed by atoms with E-state index in [4.69, 9.17) is 9.84 Å². The SMILES string of the molecule is CCCCC(CCC)C(OCC)C(=O)O. The van der Waals surface area contributed by atoms with Crippen molar-refractivity contribution in [3.63, 3.8) is 0 Å². The summed E-state index contributed by atoms with van der Waals surface area (Å²) in [4.78, 5) is 11.0. The van der Waals surface area contributed by atoms with Crippen LogP contribution in [0.3, 0.4) is 0 Å². The highest BCUT2D eigenvalue weighted by atomic mass is 16.5. The number of unbranched alkanes of at least 4 members (excludes halogenated alkanes) is 1. The molecule has 0 saturated heterocycles. The van der Waals surface area contributed by atoms with Gasteiger partial charge in [-0.3, -0.25) is 0 Å². The van der Waals surface area contributed by atoms with Crippen molar-refractivity contribution in [3.8, 4) is 0 Å². The summed E-state index contributed by atoms with van der Waals surface area (Å²) in [6.45, 7) is 6.53. The molecule has 0 aromatic carbocycles. The average Bonchev–Trinajstić information content (AvgIpc) is 2.21. The molecule has 0 saturated carbocycles. The fourth-order valence-corrected chi connectivity index (χ4v) is 1.87. The predicted octanol–water partition coefficient (Wildman–Crippen LogP) is 3.08. The molecule has 0 aromatic heterocycles. The number of ether oxygens (including phenoxy) is 1. The predicted molar refractivity (Wildman–Crippen MR) is 61.0 cm³/mol. The molecule has 0 rings (SSSR count). The van der Waals surface area contributed by atoms with E-state index in [0.29, 0.717) is 6.61 Å². The molecule has 0 fully saturated rings. The van der Waals surface area contributed by atoms with Crippen molar-refractivity contribution >= 4 is 5.97 Å². The number of carbonyl (C=O) groups is 1. The molecule has 0 bridgehead atoms. The maximum atomic E-state index is 11.0. The summed E-state index contributed by atoms with van der Waals surface area (Å²) in [7, 11) is 0. The number of aliphatic carboxylic acids is 1. The zero-order valence-electron chi connectivity index (χ0n) is 10.2. The van der Waals surface area contributed by atoms with Crippen LogP contribution >= 0.6 is 0 Å². The van der Waals surface area contributed by atoms with Crippen LogP contribution in [0.5, 0.6) is 0 Å². The van der Waals surface area contributed by atoms with Crippen molar-refractivity contribution in [1.29, 1.82) is 0 Å². The quantitative estimate of drug-likeness (QED) is 0.644. The van der Waals surface area contributed by atoms with E-state index in [1.807, 2.05) is 6.92 Å². The number of hydrogen-bond donors (Lipinski definition) is 1. The van der Waals surface area contributed by atoms with Gasteiger partial charge in [0.1, 0.15) is 0 Å². The lowest BCUT2D eigenvalue weighted by atomic mass is 9.91. The van der Waals surface area contributed by atoms with Crippen LogP contribution in [0.4, 0.5) is 0 Å². The Kier molecular flexibility index (Phi) is 8.38. The van der Waals surface area contributed by atoms with Gasteiger partial charge in [0.05, 0.1) is 0 Å². The van der Waals surface area contributed by atoms with Gasteiger partial charge in [0.25, 0.3) is 0 Å². The fourth-order valence-electron chi connectivity index (χ4n) is 1.87. The summed E-state index contributed by atoms with van der Waals surface area (Å²) in [5.74, 6) is -0.640. The van der Waals surface area contributed by atoms with Gasteiger partial charge in [0.2, 0.25) is 0 Å². The molecule has 0 aliphatic carbocycles. The Bertz CT molecular complexity index is 168. The van der Waals surface area contributed by atoms with Gasteiger partial charge in [0.15, 0.2) is 6.10 Å². The molecule has 0 radical (unpaired) electrons. The first-order valence-corrected chi connectivity index (χ1v) is 6.01. The van der Waals surface area contributed by atoms with E-state index in [0.717, 1.165) is 32.1 Å². The summed E-state index contributed by atoms with van der Waals surface area (Å²) >= 11 is 0. The largest absolute Gasteiger partial charge is 0.479 e. The Morgan fingerprint density at radius 3 is 2.27 bits per heavy atom. The molecule has 15 heavy (non-hydrogen) atoms. The van der Waals surface area contributed by atoms with Crippen LogP contribution in [0.15, 0.2) is 0 Å². The molecule has 0 aliphatic rings. The molecule has 3 heteroatoms. The Hall–Kier alpha value is -0.570. The Morgan fingerprint density at radius 1 is 1.20 bits per heavy atom. The molecule has 2 atom stereocenters. The number of rotatable bonds is 9. The van der Waals surface area contributed by atoms with Crippen LogP contribution in [0, 0.1) is 5.92 Å². The highest BCUT2D eigenvalue weighted by molar-refractivity contribution is 5.72. The monoisotopic (exact) mass is 216 g/mol. The van der Waals surface area contributed by atoms with Gasteiger partial charge in [-0.25, -0.2) is 4.79 Å². The van der Waals surface area contributed by atoms with E-state index < -0.39 is 12.1 Å².